The molecule has 0 aliphatic rings. The number of benzene rings is 1. The van der Waals surface area contributed by atoms with Crippen LogP contribution in [0.25, 0.3) is 0 Å². The lowest BCUT2D eigenvalue weighted by atomic mass is 10.2. The van der Waals surface area contributed by atoms with Crippen LogP contribution in [0.3, 0.4) is 0 Å². The fraction of sp³-hybridized carbons (Fsp3) is 0.214. The van der Waals surface area contributed by atoms with Gasteiger partial charge in [-0.1, -0.05) is 23.7 Å². The van der Waals surface area contributed by atoms with Gasteiger partial charge in [0.25, 0.3) is 5.91 Å². The third-order valence-electron chi connectivity index (χ3n) is 2.75. The van der Waals surface area contributed by atoms with Crippen molar-refractivity contribution in [3.05, 3.63) is 54.7 Å². The van der Waals surface area contributed by atoms with E-state index in [1.165, 1.54) is 11.3 Å². The van der Waals surface area contributed by atoms with Crippen LogP contribution >= 0.6 is 45.5 Å². The number of hydrogen-bond donors (Lipinski definition) is 0. The summed E-state index contributed by atoms with van der Waals surface area (Å²) in [6, 6.07) is 11.5. The fourth-order valence-electron chi connectivity index (χ4n) is 1.76. The number of hydrogen-bond acceptors (Lipinski definition) is 2. The first kappa shape index (κ1) is 14.8. The lowest BCUT2D eigenvalue weighted by molar-refractivity contribution is 0.0753. The second kappa shape index (κ2) is 6.72. The Morgan fingerprint density at radius 1 is 1.32 bits per heavy atom. The SMILES string of the molecule is CCN(Cc1ccc(Cl)s1)C(=O)c1ccccc1I. The van der Waals surface area contributed by atoms with Gasteiger partial charge in [-0.2, -0.15) is 0 Å². The summed E-state index contributed by atoms with van der Waals surface area (Å²) in [6.45, 7) is 3.28. The molecule has 0 spiro atoms. The second-order valence-corrected chi connectivity index (χ2v) is 6.97. The van der Waals surface area contributed by atoms with Crippen molar-refractivity contribution in [1.29, 1.82) is 0 Å². The number of rotatable bonds is 4. The highest BCUT2D eigenvalue weighted by Gasteiger charge is 2.17. The predicted molar refractivity (Wildman–Crippen MR) is 88.9 cm³/mol. The first-order chi connectivity index (χ1) is 9.11. The Hall–Kier alpha value is -0.590. The highest BCUT2D eigenvalue weighted by molar-refractivity contribution is 14.1. The Morgan fingerprint density at radius 3 is 2.63 bits per heavy atom. The monoisotopic (exact) mass is 405 g/mol. The topological polar surface area (TPSA) is 20.3 Å². The van der Waals surface area contributed by atoms with Crippen molar-refractivity contribution in [2.24, 2.45) is 0 Å². The molecule has 5 heteroatoms. The van der Waals surface area contributed by atoms with Crippen LogP contribution in [-0.2, 0) is 6.54 Å². The standard InChI is InChI=1S/C14H13ClINOS/c1-2-17(9-10-7-8-13(15)19-10)14(18)11-5-3-4-6-12(11)16/h3-8H,2,9H2,1H3. The van der Waals surface area contributed by atoms with Crippen molar-refractivity contribution < 1.29 is 4.79 Å². The molecule has 0 atom stereocenters. The van der Waals surface area contributed by atoms with E-state index in [1.54, 1.807) is 0 Å². The predicted octanol–water partition coefficient (Wildman–Crippen LogP) is 4.67. The molecule has 0 saturated carbocycles. The number of thiophene rings is 1. The second-order valence-electron chi connectivity index (χ2n) is 4.00. The van der Waals surface area contributed by atoms with E-state index in [-0.39, 0.29) is 5.91 Å². The van der Waals surface area contributed by atoms with E-state index in [0.29, 0.717) is 13.1 Å². The van der Waals surface area contributed by atoms with Gasteiger partial charge >= 0.3 is 0 Å². The van der Waals surface area contributed by atoms with Gasteiger partial charge in [-0.05, 0) is 53.8 Å². The van der Waals surface area contributed by atoms with E-state index < -0.39 is 0 Å². The van der Waals surface area contributed by atoms with E-state index in [4.69, 9.17) is 11.6 Å². The summed E-state index contributed by atoms with van der Waals surface area (Å²) in [6.07, 6.45) is 0. The molecular weight excluding hydrogens is 393 g/mol. The molecular formula is C14H13ClINOS. The maximum atomic E-state index is 12.5. The zero-order valence-electron chi connectivity index (χ0n) is 10.4. The summed E-state index contributed by atoms with van der Waals surface area (Å²) in [5.74, 6) is 0.0667. The average Bonchev–Trinajstić information content (AvgIpc) is 2.81. The summed E-state index contributed by atoms with van der Waals surface area (Å²) in [4.78, 5) is 15.4. The number of nitrogens with zero attached hydrogens (tertiary/aromatic N) is 1. The molecule has 2 aromatic rings. The van der Waals surface area contributed by atoms with Gasteiger partial charge < -0.3 is 4.90 Å². The number of amides is 1. The molecule has 0 fully saturated rings. The van der Waals surface area contributed by atoms with Crippen LogP contribution in [-0.4, -0.2) is 17.4 Å². The van der Waals surface area contributed by atoms with Crippen molar-refractivity contribution in [3.8, 4) is 0 Å². The zero-order chi connectivity index (χ0) is 13.8. The van der Waals surface area contributed by atoms with Gasteiger partial charge in [-0.15, -0.1) is 11.3 Å². The molecule has 1 heterocycles. The van der Waals surface area contributed by atoms with Gasteiger partial charge in [0.15, 0.2) is 0 Å². The van der Waals surface area contributed by atoms with Crippen LogP contribution in [0, 0.1) is 3.57 Å². The molecule has 2 rings (SSSR count). The van der Waals surface area contributed by atoms with E-state index in [1.807, 2.05) is 48.2 Å². The molecule has 0 N–H and O–H groups in total. The van der Waals surface area contributed by atoms with E-state index in [0.717, 1.165) is 18.3 Å². The molecule has 0 bridgehead atoms. The lowest BCUT2D eigenvalue weighted by Gasteiger charge is -2.20. The normalized spacial score (nSPS) is 10.5. The summed E-state index contributed by atoms with van der Waals surface area (Å²) in [5.41, 5.74) is 0.757. The summed E-state index contributed by atoms with van der Waals surface area (Å²) in [7, 11) is 0. The van der Waals surface area contributed by atoms with Gasteiger partial charge in [0.1, 0.15) is 0 Å². The molecule has 19 heavy (non-hydrogen) atoms. The molecule has 0 radical (unpaired) electrons. The van der Waals surface area contributed by atoms with Crippen molar-refractivity contribution in [2.75, 3.05) is 6.54 Å². The van der Waals surface area contributed by atoms with Crippen LogP contribution in [0.15, 0.2) is 36.4 Å². The maximum absolute atomic E-state index is 12.5. The minimum absolute atomic E-state index is 0.0667. The third-order valence-corrected chi connectivity index (χ3v) is 4.91. The number of carbonyl (C=O) groups is 1. The van der Waals surface area contributed by atoms with Crippen LogP contribution in [0.5, 0.6) is 0 Å². The van der Waals surface area contributed by atoms with Crippen LogP contribution in [0.2, 0.25) is 4.34 Å². The minimum atomic E-state index is 0.0667. The highest BCUT2D eigenvalue weighted by atomic mass is 127. The smallest absolute Gasteiger partial charge is 0.255 e. The fourth-order valence-corrected chi connectivity index (χ4v) is 3.48. The van der Waals surface area contributed by atoms with Crippen molar-refractivity contribution in [1.82, 2.24) is 4.90 Å². The largest absolute Gasteiger partial charge is 0.334 e. The molecule has 1 aromatic heterocycles. The van der Waals surface area contributed by atoms with Gasteiger partial charge in [-0.3, -0.25) is 4.79 Å². The van der Waals surface area contributed by atoms with Crippen molar-refractivity contribution in [2.45, 2.75) is 13.5 Å². The Bertz CT molecular complexity index is 584. The highest BCUT2D eigenvalue weighted by Crippen LogP contribution is 2.23. The maximum Gasteiger partial charge on any atom is 0.255 e. The molecule has 0 unspecified atom stereocenters. The first-order valence-corrected chi connectivity index (χ1v) is 8.17. The van der Waals surface area contributed by atoms with Gasteiger partial charge in [0.2, 0.25) is 0 Å². The van der Waals surface area contributed by atoms with Crippen molar-refractivity contribution in [3.63, 3.8) is 0 Å². The van der Waals surface area contributed by atoms with E-state index >= 15 is 0 Å². The molecule has 0 aliphatic carbocycles. The molecule has 100 valence electrons. The quantitative estimate of drug-likeness (QED) is 0.677. The van der Waals surface area contributed by atoms with Gasteiger partial charge in [0.05, 0.1) is 16.4 Å². The average molecular weight is 406 g/mol. The summed E-state index contributed by atoms with van der Waals surface area (Å²) < 4.78 is 1.74. The Labute approximate surface area is 135 Å². The lowest BCUT2D eigenvalue weighted by Crippen LogP contribution is -2.30. The van der Waals surface area contributed by atoms with Gasteiger partial charge in [-0.25, -0.2) is 0 Å². The van der Waals surface area contributed by atoms with Crippen LogP contribution < -0.4 is 0 Å². The van der Waals surface area contributed by atoms with Crippen molar-refractivity contribution >= 4 is 51.4 Å². The molecule has 1 amide bonds. The summed E-state index contributed by atoms with van der Waals surface area (Å²) in [5, 5.41) is 0. The van der Waals surface area contributed by atoms with E-state index in [9.17, 15) is 4.79 Å². The molecule has 0 saturated heterocycles. The van der Waals surface area contributed by atoms with E-state index in [2.05, 4.69) is 22.6 Å². The Morgan fingerprint density at radius 2 is 2.05 bits per heavy atom. The molecule has 0 aliphatic heterocycles. The summed E-state index contributed by atoms with van der Waals surface area (Å²) >= 11 is 9.64. The first-order valence-electron chi connectivity index (χ1n) is 5.90. The Kier molecular flexibility index (Phi) is 5.24. The Balaban J connectivity index is 2.18. The minimum Gasteiger partial charge on any atom is -0.334 e. The third kappa shape index (κ3) is 3.70. The van der Waals surface area contributed by atoms with Gasteiger partial charge in [0, 0.05) is 15.0 Å². The zero-order valence-corrected chi connectivity index (χ0v) is 14.1. The molecule has 2 nitrogen and oxygen atoms in total. The number of halogens is 2. The van der Waals surface area contributed by atoms with Crippen LogP contribution in [0.4, 0.5) is 0 Å². The van der Waals surface area contributed by atoms with Crippen LogP contribution in [0.1, 0.15) is 22.2 Å². The molecule has 1 aromatic carbocycles. The number of carbonyl (C=O) groups excluding carboxylic acids is 1.